The molecule has 19 heavy (non-hydrogen) atoms. The maximum Gasteiger partial charge on any atom is 0.239 e. The summed E-state index contributed by atoms with van der Waals surface area (Å²) in [7, 11) is 1.91. The Morgan fingerprint density at radius 3 is 2.47 bits per heavy atom. The first kappa shape index (κ1) is 16.8. The number of hydrogen-bond donors (Lipinski definition) is 1. The standard InChI is InChI=1S/C14H29N3OS/c1-11(2)17-8-5-12(6-9-17)16(3)14(18)13(15)7-10-19-4/h11-13H,5-10,15H2,1-4H3/t13-/m1/s1. The number of likely N-dealkylation sites (N-methyl/N-ethyl adjacent to an activating group) is 1. The number of thioether (sulfide) groups is 1. The fourth-order valence-electron chi connectivity index (χ4n) is 2.60. The molecule has 4 nitrogen and oxygen atoms in total. The molecule has 1 aliphatic rings. The van der Waals surface area contributed by atoms with E-state index >= 15 is 0 Å². The predicted molar refractivity (Wildman–Crippen MR) is 83.5 cm³/mol. The Morgan fingerprint density at radius 2 is 2.00 bits per heavy atom. The average Bonchev–Trinajstić information content (AvgIpc) is 2.43. The van der Waals surface area contributed by atoms with Crippen LogP contribution in [-0.2, 0) is 4.79 Å². The largest absolute Gasteiger partial charge is 0.341 e. The second kappa shape index (κ2) is 8.12. The van der Waals surface area contributed by atoms with Gasteiger partial charge in [0.05, 0.1) is 6.04 Å². The number of likely N-dealkylation sites (tertiary alicyclic amines) is 1. The van der Waals surface area contributed by atoms with E-state index in [1.807, 2.05) is 18.2 Å². The minimum atomic E-state index is -0.333. The summed E-state index contributed by atoms with van der Waals surface area (Å²) in [5.41, 5.74) is 5.97. The lowest BCUT2D eigenvalue weighted by Gasteiger charge is -2.39. The van der Waals surface area contributed by atoms with Gasteiger partial charge in [-0.15, -0.1) is 0 Å². The minimum absolute atomic E-state index is 0.108. The quantitative estimate of drug-likeness (QED) is 0.802. The van der Waals surface area contributed by atoms with Crippen molar-refractivity contribution < 1.29 is 4.79 Å². The highest BCUT2D eigenvalue weighted by Crippen LogP contribution is 2.18. The summed E-state index contributed by atoms with van der Waals surface area (Å²) in [6, 6.07) is 0.634. The molecule has 1 heterocycles. The third-order valence-corrected chi connectivity index (χ3v) is 4.72. The Labute approximate surface area is 122 Å². The molecule has 0 spiro atoms. The highest BCUT2D eigenvalue weighted by Gasteiger charge is 2.28. The van der Waals surface area contributed by atoms with E-state index in [0.717, 1.165) is 38.1 Å². The molecule has 0 aromatic rings. The van der Waals surface area contributed by atoms with E-state index in [4.69, 9.17) is 5.73 Å². The summed E-state index contributed by atoms with van der Waals surface area (Å²) >= 11 is 1.74. The molecule has 0 radical (unpaired) electrons. The lowest BCUT2D eigenvalue weighted by atomic mass is 10.0. The predicted octanol–water partition coefficient (Wildman–Crippen LogP) is 1.40. The molecule has 0 aliphatic carbocycles. The van der Waals surface area contributed by atoms with Gasteiger partial charge in [0.1, 0.15) is 0 Å². The van der Waals surface area contributed by atoms with Gasteiger partial charge in [-0.1, -0.05) is 0 Å². The van der Waals surface area contributed by atoms with Crippen molar-refractivity contribution in [1.82, 2.24) is 9.80 Å². The van der Waals surface area contributed by atoms with E-state index in [-0.39, 0.29) is 11.9 Å². The Morgan fingerprint density at radius 1 is 1.42 bits per heavy atom. The van der Waals surface area contributed by atoms with Gasteiger partial charge in [-0.2, -0.15) is 11.8 Å². The molecule has 5 heteroatoms. The van der Waals surface area contributed by atoms with Crippen LogP contribution in [0.15, 0.2) is 0 Å². The molecule has 0 unspecified atom stereocenters. The van der Waals surface area contributed by atoms with Crippen LogP contribution in [0.2, 0.25) is 0 Å². The molecule has 1 rings (SSSR count). The van der Waals surface area contributed by atoms with Gasteiger partial charge in [0.25, 0.3) is 0 Å². The van der Waals surface area contributed by atoms with E-state index in [1.165, 1.54) is 0 Å². The molecule has 1 fully saturated rings. The number of carbonyl (C=O) groups excluding carboxylic acids is 1. The number of hydrogen-bond acceptors (Lipinski definition) is 4. The van der Waals surface area contributed by atoms with Gasteiger partial charge in [0, 0.05) is 32.2 Å². The Balaban J connectivity index is 2.41. The summed E-state index contributed by atoms with van der Waals surface area (Å²) in [6.07, 6.45) is 4.95. The fourth-order valence-corrected chi connectivity index (χ4v) is 3.09. The van der Waals surface area contributed by atoms with Crippen LogP contribution in [0.3, 0.4) is 0 Å². The van der Waals surface area contributed by atoms with E-state index in [9.17, 15) is 4.79 Å². The summed E-state index contributed by atoms with van der Waals surface area (Å²) in [5, 5.41) is 0. The molecule has 1 atom stereocenters. The topological polar surface area (TPSA) is 49.6 Å². The molecular weight excluding hydrogens is 258 g/mol. The molecule has 0 bridgehead atoms. The molecule has 0 aromatic carbocycles. The Bertz CT molecular complexity index is 278. The van der Waals surface area contributed by atoms with Gasteiger partial charge in [-0.05, 0) is 45.1 Å². The molecule has 2 N–H and O–H groups in total. The second-order valence-corrected chi connectivity index (χ2v) is 6.68. The van der Waals surface area contributed by atoms with E-state index in [1.54, 1.807) is 11.8 Å². The van der Waals surface area contributed by atoms with Crippen LogP contribution >= 0.6 is 11.8 Å². The molecular formula is C14H29N3OS. The Kier molecular flexibility index (Phi) is 7.18. The van der Waals surface area contributed by atoms with Crippen LogP contribution in [0.1, 0.15) is 33.1 Å². The van der Waals surface area contributed by atoms with E-state index in [0.29, 0.717) is 12.1 Å². The SMILES string of the molecule is CSCC[C@@H](N)C(=O)N(C)C1CCN(C(C)C)CC1. The third kappa shape index (κ3) is 4.97. The molecule has 1 saturated heterocycles. The summed E-state index contributed by atoms with van der Waals surface area (Å²) in [6.45, 7) is 6.63. The monoisotopic (exact) mass is 287 g/mol. The fraction of sp³-hybridized carbons (Fsp3) is 0.929. The molecule has 0 saturated carbocycles. The van der Waals surface area contributed by atoms with E-state index in [2.05, 4.69) is 18.7 Å². The first-order chi connectivity index (χ1) is 8.97. The maximum absolute atomic E-state index is 12.2. The van der Waals surface area contributed by atoms with Gasteiger partial charge in [0.2, 0.25) is 5.91 Å². The molecule has 0 aromatic heterocycles. The van der Waals surface area contributed by atoms with Crippen LogP contribution in [0.5, 0.6) is 0 Å². The van der Waals surface area contributed by atoms with Crippen molar-refractivity contribution in [2.75, 3.05) is 32.1 Å². The number of rotatable bonds is 6. The van der Waals surface area contributed by atoms with Crippen LogP contribution in [0, 0.1) is 0 Å². The number of amides is 1. The van der Waals surface area contributed by atoms with Crippen molar-refractivity contribution in [3.8, 4) is 0 Å². The van der Waals surface area contributed by atoms with E-state index < -0.39 is 0 Å². The van der Waals surface area contributed by atoms with Crippen molar-refractivity contribution in [2.24, 2.45) is 5.73 Å². The van der Waals surface area contributed by atoms with Gasteiger partial charge in [-0.25, -0.2) is 0 Å². The number of nitrogens with zero attached hydrogens (tertiary/aromatic N) is 2. The summed E-state index contributed by atoms with van der Waals surface area (Å²) in [5.74, 6) is 1.06. The van der Waals surface area contributed by atoms with Crippen molar-refractivity contribution in [3.05, 3.63) is 0 Å². The van der Waals surface area contributed by atoms with Crippen LogP contribution in [0.25, 0.3) is 0 Å². The van der Waals surface area contributed by atoms with Crippen LogP contribution in [-0.4, -0.2) is 66.0 Å². The maximum atomic E-state index is 12.2. The van der Waals surface area contributed by atoms with Crippen molar-refractivity contribution in [3.63, 3.8) is 0 Å². The number of nitrogens with two attached hydrogens (primary N) is 1. The summed E-state index contributed by atoms with van der Waals surface area (Å²) < 4.78 is 0. The van der Waals surface area contributed by atoms with Gasteiger partial charge in [-0.3, -0.25) is 4.79 Å². The third-order valence-electron chi connectivity index (χ3n) is 4.07. The first-order valence-electron chi connectivity index (χ1n) is 7.22. The molecule has 112 valence electrons. The normalized spacial score (nSPS) is 19.7. The lowest BCUT2D eigenvalue weighted by molar-refractivity contribution is -0.134. The highest BCUT2D eigenvalue weighted by molar-refractivity contribution is 7.98. The number of piperidine rings is 1. The smallest absolute Gasteiger partial charge is 0.239 e. The molecule has 1 aliphatic heterocycles. The van der Waals surface area contributed by atoms with Gasteiger partial charge >= 0.3 is 0 Å². The van der Waals surface area contributed by atoms with Crippen LogP contribution < -0.4 is 5.73 Å². The second-order valence-electron chi connectivity index (χ2n) is 5.70. The van der Waals surface area contributed by atoms with Crippen molar-refractivity contribution >= 4 is 17.7 Å². The average molecular weight is 287 g/mol. The van der Waals surface area contributed by atoms with Crippen LogP contribution in [0.4, 0.5) is 0 Å². The van der Waals surface area contributed by atoms with Crippen molar-refractivity contribution in [1.29, 1.82) is 0 Å². The Hall–Kier alpha value is -0.260. The lowest BCUT2D eigenvalue weighted by Crippen LogP contribution is -2.51. The van der Waals surface area contributed by atoms with Gasteiger partial charge in [0.15, 0.2) is 0 Å². The zero-order chi connectivity index (χ0) is 14.4. The molecule has 1 amide bonds. The number of carbonyl (C=O) groups is 1. The minimum Gasteiger partial charge on any atom is -0.341 e. The van der Waals surface area contributed by atoms with Crippen molar-refractivity contribution in [2.45, 2.75) is 51.2 Å². The summed E-state index contributed by atoms with van der Waals surface area (Å²) in [4.78, 5) is 16.6. The first-order valence-corrected chi connectivity index (χ1v) is 8.62. The zero-order valence-corrected chi connectivity index (χ0v) is 13.6. The highest BCUT2D eigenvalue weighted by atomic mass is 32.2. The van der Waals surface area contributed by atoms with Gasteiger partial charge < -0.3 is 15.5 Å². The zero-order valence-electron chi connectivity index (χ0n) is 12.8.